The monoisotopic (exact) mass is 329 g/mol. The molecule has 23 heavy (non-hydrogen) atoms. The first-order valence-electron chi connectivity index (χ1n) is 7.94. The fraction of sp³-hybridized carbons (Fsp3) is 0.412. The second kappa shape index (κ2) is 5.94. The number of hydrogen-bond acceptors (Lipinski definition) is 5. The second-order valence-electron chi connectivity index (χ2n) is 6.21. The highest BCUT2D eigenvalue weighted by Crippen LogP contribution is 2.30. The number of oxazole rings is 1. The first-order valence-corrected chi connectivity index (χ1v) is 8.82. The molecule has 3 heterocycles. The zero-order valence-corrected chi connectivity index (χ0v) is 13.9. The Morgan fingerprint density at radius 1 is 1.48 bits per heavy atom. The van der Waals surface area contributed by atoms with Gasteiger partial charge in [-0.3, -0.25) is 9.88 Å². The van der Waals surface area contributed by atoms with Gasteiger partial charge in [0.15, 0.2) is 5.58 Å². The Morgan fingerprint density at radius 2 is 2.39 bits per heavy atom. The summed E-state index contributed by atoms with van der Waals surface area (Å²) in [6.07, 6.45) is 2.38. The van der Waals surface area contributed by atoms with Gasteiger partial charge in [-0.25, -0.2) is 9.78 Å². The molecule has 1 atom stereocenters. The van der Waals surface area contributed by atoms with Crippen LogP contribution >= 0.6 is 11.3 Å². The first kappa shape index (κ1) is 14.7. The van der Waals surface area contributed by atoms with Crippen molar-refractivity contribution in [1.82, 2.24) is 14.9 Å². The van der Waals surface area contributed by atoms with Crippen LogP contribution in [0.4, 0.5) is 0 Å². The van der Waals surface area contributed by atoms with Gasteiger partial charge in [-0.15, -0.1) is 11.3 Å². The van der Waals surface area contributed by atoms with Gasteiger partial charge < -0.3 is 4.42 Å². The minimum atomic E-state index is -0.387. The van der Waals surface area contributed by atoms with Gasteiger partial charge in [0.2, 0.25) is 0 Å². The molecule has 1 unspecified atom stereocenters. The van der Waals surface area contributed by atoms with Crippen LogP contribution in [0.3, 0.4) is 0 Å². The van der Waals surface area contributed by atoms with E-state index in [1.54, 1.807) is 11.3 Å². The lowest BCUT2D eigenvalue weighted by molar-refractivity contribution is 0.200. The molecule has 1 fully saturated rings. The van der Waals surface area contributed by atoms with Crippen molar-refractivity contribution in [2.24, 2.45) is 0 Å². The van der Waals surface area contributed by atoms with E-state index in [1.165, 1.54) is 17.8 Å². The maximum absolute atomic E-state index is 11.4. The molecule has 6 heteroatoms. The summed E-state index contributed by atoms with van der Waals surface area (Å²) in [4.78, 5) is 21.2. The molecule has 0 bridgehead atoms. The minimum absolute atomic E-state index is 0.387. The zero-order chi connectivity index (χ0) is 15.8. The van der Waals surface area contributed by atoms with E-state index in [0.717, 1.165) is 36.4 Å². The number of benzene rings is 1. The predicted octanol–water partition coefficient (Wildman–Crippen LogP) is 3.27. The van der Waals surface area contributed by atoms with Crippen LogP contribution in [0.15, 0.2) is 32.8 Å². The maximum Gasteiger partial charge on any atom is 0.417 e. The highest BCUT2D eigenvalue weighted by atomic mass is 32.1. The van der Waals surface area contributed by atoms with Gasteiger partial charge in [0.25, 0.3) is 0 Å². The summed E-state index contributed by atoms with van der Waals surface area (Å²) < 4.78 is 5.31. The van der Waals surface area contributed by atoms with Crippen LogP contribution in [0.25, 0.3) is 11.1 Å². The van der Waals surface area contributed by atoms with Crippen molar-refractivity contribution in [3.05, 3.63) is 50.4 Å². The van der Waals surface area contributed by atoms with Crippen molar-refractivity contribution in [2.75, 3.05) is 13.1 Å². The van der Waals surface area contributed by atoms with Crippen molar-refractivity contribution in [2.45, 2.75) is 32.2 Å². The molecular formula is C17H19N3O2S. The molecule has 1 aromatic carbocycles. The van der Waals surface area contributed by atoms with Crippen LogP contribution in [-0.2, 0) is 6.54 Å². The van der Waals surface area contributed by atoms with E-state index in [0.29, 0.717) is 11.5 Å². The summed E-state index contributed by atoms with van der Waals surface area (Å²) in [6, 6.07) is 5.88. The first-order chi connectivity index (χ1) is 11.2. The van der Waals surface area contributed by atoms with Crippen molar-refractivity contribution in [3.8, 4) is 0 Å². The summed E-state index contributed by atoms with van der Waals surface area (Å²) in [5.74, 6) is 0.127. The molecule has 3 aromatic rings. The SMILES string of the molecule is Cc1csc(C2CCCN(Cc3cccc4[nH]c(=O)oc34)C2)n1. The standard InChI is InChI=1S/C17H19N3O2S/c1-11-10-23-16(18-11)13-5-3-7-20(9-13)8-12-4-2-6-14-15(12)22-17(21)19-14/h2,4,6,10,13H,3,5,7-9H2,1H3,(H,19,21). The van der Waals surface area contributed by atoms with E-state index >= 15 is 0 Å². The molecule has 120 valence electrons. The number of fused-ring (bicyclic) bond motifs is 1. The highest BCUT2D eigenvalue weighted by molar-refractivity contribution is 7.09. The molecule has 1 aliphatic rings. The lowest BCUT2D eigenvalue weighted by atomic mass is 9.98. The number of nitrogens with one attached hydrogen (secondary N) is 1. The number of hydrogen-bond donors (Lipinski definition) is 1. The van der Waals surface area contributed by atoms with E-state index in [4.69, 9.17) is 4.42 Å². The fourth-order valence-electron chi connectivity index (χ4n) is 3.36. The Labute approximate surface area is 138 Å². The van der Waals surface area contributed by atoms with E-state index < -0.39 is 0 Å². The Morgan fingerprint density at radius 3 is 3.22 bits per heavy atom. The van der Waals surface area contributed by atoms with Crippen molar-refractivity contribution >= 4 is 22.4 Å². The smallest absolute Gasteiger partial charge is 0.408 e. The van der Waals surface area contributed by atoms with Crippen LogP contribution in [-0.4, -0.2) is 28.0 Å². The van der Waals surface area contributed by atoms with Gasteiger partial charge in [-0.05, 0) is 32.4 Å². The minimum Gasteiger partial charge on any atom is -0.408 e. The number of nitrogens with zero attached hydrogens (tertiary/aromatic N) is 2. The molecule has 4 rings (SSSR count). The molecule has 5 nitrogen and oxygen atoms in total. The number of rotatable bonds is 3. The third-order valence-corrected chi connectivity index (χ3v) is 5.54. The number of aromatic nitrogens is 2. The average molecular weight is 329 g/mol. The number of para-hydroxylation sites is 1. The van der Waals surface area contributed by atoms with E-state index in [2.05, 4.69) is 27.2 Å². The van der Waals surface area contributed by atoms with Crippen LogP contribution in [0.2, 0.25) is 0 Å². The predicted molar refractivity (Wildman–Crippen MR) is 90.9 cm³/mol. The molecule has 0 radical (unpaired) electrons. The number of H-pyrrole nitrogens is 1. The molecular weight excluding hydrogens is 310 g/mol. The van der Waals surface area contributed by atoms with Gasteiger partial charge in [0.1, 0.15) is 0 Å². The number of aryl methyl sites for hydroxylation is 1. The molecule has 0 spiro atoms. The highest BCUT2D eigenvalue weighted by Gasteiger charge is 2.24. The summed E-state index contributed by atoms with van der Waals surface area (Å²) in [7, 11) is 0. The van der Waals surface area contributed by atoms with Crippen molar-refractivity contribution < 1.29 is 4.42 Å². The van der Waals surface area contributed by atoms with Crippen LogP contribution < -0.4 is 5.76 Å². The normalized spacial score (nSPS) is 19.4. The van der Waals surface area contributed by atoms with Crippen molar-refractivity contribution in [3.63, 3.8) is 0 Å². The lowest BCUT2D eigenvalue weighted by Gasteiger charge is -2.31. The zero-order valence-electron chi connectivity index (χ0n) is 13.0. The quantitative estimate of drug-likeness (QED) is 0.801. The second-order valence-corrected chi connectivity index (χ2v) is 7.10. The molecule has 1 N–H and O–H groups in total. The molecule has 1 aliphatic heterocycles. The summed E-state index contributed by atoms with van der Waals surface area (Å²) >= 11 is 1.77. The number of aromatic amines is 1. The van der Waals surface area contributed by atoms with Crippen LogP contribution in [0.5, 0.6) is 0 Å². The Kier molecular flexibility index (Phi) is 3.79. The van der Waals surface area contributed by atoms with E-state index in [-0.39, 0.29) is 5.76 Å². The molecule has 0 amide bonds. The third-order valence-electron chi connectivity index (χ3n) is 4.41. The van der Waals surface area contributed by atoms with E-state index in [1.807, 2.05) is 18.2 Å². The number of thiazole rings is 1. The van der Waals surface area contributed by atoms with E-state index in [9.17, 15) is 4.79 Å². The van der Waals surface area contributed by atoms with Gasteiger partial charge >= 0.3 is 5.76 Å². The van der Waals surface area contributed by atoms with Crippen LogP contribution in [0.1, 0.15) is 35.0 Å². The lowest BCUT2D eigenvalue weighted by Crippen LogP contribution is -2.33. The van der Waals surface area contributed by atoms with Gasteiger partial charge in [0.05, 0.1) is 10.5 Å². The maximum atomic E-state index is 11.4. The van der Waals surface area contributed by atoms with Gasteiger partial charge in [-0.2, -0.15) is 0 Å². The fourth-order valence-corrected chi connectivity index (χ4v) is 4.28. The van der Waals surface area contributed by atoms with Gasteiger partial charge in [0, 0.05) is 35.6 Å². The Balaban J connectivity index is 1.54. The summed E-state index contributed by atoms with van der Waals surface area (Å²) in [6.45, 7) is 4.94. The summed E-state index contributed by atoms with van der Waals surface area (Å²) in [5, 5.41) is 3.38. The largest absolute Gasteiger partial charge is 0.417 e. The summed E-state index contributed by atoms with van der Waals surface area (Å²) in [5.41, 5.74) is 3.64. The molecule has 0 aliphatic carbocycles. The number of piperidine rings is 1. The van der Waals surface area contributed by atoms with Crippen molar-refractivity contribution in [1.29, 1.82) is 0 Å². The van der Waals surface area contributed by atoms with Crippen LogP contribution in [0, 0.1) is 6.92 Å². The molecule has 1 saturated heterocycles. The molecule has 2 aromatic heterocycles. The average Bonchev–Trinajstić information content (AvgIpc) is 3.13. The van der Waals surface area contributed by atoms with Gasteiger partial charge in [-0.1, -0.05) is 12.1 Å². The Hall–Kier alpha value is -1.92. The topological polar surface area (TPSA) is 62.1 Å². The molecule has 0 saturated carbocycles. The third kappa shape index (κ3) is 2.96. The Bertz CT molecular complexity index is 879. The number of likely N-dealkylation sites (tertiary alicyclic amines) is 1.